The van der Waals surface area contributed by atoms with Crippen LogP contribution in [0.4, 0.5) is 11.6 Å². The number of hydrogen-bond donors (Lipinski definition) is 2. The smallest absolute Gasteiger partial charge is 0.134 e. The van der Waals surface area contributed by atoms with E-state index in [-0.39, 0.29) is 0 Å². The molecule has 5 nitrogen and oxygen atoms in total. The van der Waals surface area contributed by atoms with E-state index in [0.29, 0.717) is 11.9 Å². The van der Waals surface area contributed by atoms with Crippen LogP contribution in [0.5, 0.6) is 0 Å². The summed E-state index contributed by atoms with van der Waals surface area (Å²) in [5.74, 6) is 2.34. The summed E-state index contributed by atoms with van der Waals surface area (Å²) in [6.45, 7) is 9.84. The number of piperidine rings is 1. The number of nitrogen functional groups attached to an aromatic ring is 1. The minimum Gasteiger partial charge on any atom is -0.383 e. The Morgan fingerprint density at radius 2 is 1.95 bits per heavy atom. The fourth-order valence-corrected chi connectivity index (χ4v) is 2.69. The Labute approximate surface area is 122 Å². The third-order valence-corrected chi connectivity index (χ3v) is 4.01. The van der Waals surface area contributed by atoms with E-state index in [0.717, 1.165) is 23.6 Å². The van der Waals surface area contributed by atoms with Gasteiger partial charge in [0, 0.05) is 31.1 Å². The van der Waals surface area contributed by atoms with Crippen LogP contribution in [0.2, 0.25) is 0 Å². The van der Waals surface area contributed by atoms with Crippen molar-refractivity contribution in [1.82, 2.24) is 14.9 Å². The summed E-state index contributed by atoms with van der Waals surface area (Å²) >= 11 is 0. The summed E-state index contributed by atoms with van der Waals surface area (Å²) in [6, 6.07) is 0.501. The zero-order valence-corrected chi connectivity index (χ0v) is 12.9. The minimum atomic E-state index is 0.501. The van der Waals surface area contributed by atoms with E-state index in [9.17, 15) is 0 Å². The van der Waals surface area contributed by atoms with Crippen molar-refractivity contribution in [3.05, 3.63) is 11.4 Å². The molecule has 1 fully saturated rings. The topological polar surface area (TPSA) is 67.1 Å². The van der Waals surface area contributed by atoms with Crippen molar-refractivity contribution in [2.45, 2.75) is 52.5 Å². The molecule has 3 N–H and O–H groups in total. The van der Waals surface area contributed by atoms with Crippen LogP contribution in [0, 0.1) is 6.92 Å². The normalized spacial score (nSPS) is 17.4. The van der Waals surface area contributed by atoms with Crippen LogP contribution in [0.15, 0.2) is 0 Å². The van der Waals surface area contributed by atoms with Crippen LogP contribution in [0.3, 0.4) is 0 Å². The molecule has 2 heterocycles. The first-order valence-corrected chi connectivity index (χ1v) is 7.75. The predicted molar refractivity (Wildman–Crippen MR) is 83.9 cm³/mol. The highest BCUT2D eigenvalue weighted by Gasteiger charge is 2.20. The van der Waals surface area contributed by atoms with Gasteiger partial charge in [-0.05, 0) is 32.7 Å². The first kappa shape index (κ1) is 15.0. The van der Waals surface area contributed by atoms with Gasteiger partial charge in [0.1, 0.15) is 17.5 Å². The first-order chi connectivity index (χ1) is 9.63. The molecule has 1 saturated heterocycles. The van der Waals surface area contributed by atoms with Crippen molar-refractivity contribution in [2.24, 2.45) is 0 Å². The summed E-state index contributed by atoms with van der Waals surface area (Å²) in [5, 5.41) is 3.57. The molecule has 0 bridgehead atoms. The van der Waals surface area contributed by atoms with Crippen molar-refractivity contribution < 1.29 is 0 Å². The molecule has 0 unspecified atom stereocenters. The van der Waals surface area contributed by atoms with Crippen molar-refractivity contribution in [2.75, 3.05) is 30.7 Å². The molecular formula is C15H27N5. The van der Waals surface area contributed by atoms with Gasteiger partial charge in [-0.1, -0.05) is 13.8 Å². The quantitative estimate of drug-likeness (QED) is 0.864. The fourth-order valence-electron chi connectivity index (χ4n) is 2.69. The number of nitrogens with zero attached hydrogens (tertiary/aromatic N) is 3. The number of aryl methyl sites for hydroxylation is 1. The maximum atomic E-state index is 5.96. The lowest BCUT2D eigenvalue weighted by molar-refractivity contribution is 0.219. The molecule has 1 aromatic heterocycles. The summed E-state index contributed by atoms with van der Waals surface area (Å²) < 4.78 is 0. The Hall–Kier alpha value is -1.36. The van der Waals surface area contributed by atoms with Gasteiger partial charge in [-0.3, -0.25) is 0 Å². The van der Waals surface area contributed by atoms with Crippen molar-refractivity contribution in [3.63, 3.8) is 0 Å². The van der Waals surface area contributed by atoms with Crippen LogP contribution >= 0.6 is 0 Å². The maximum Gasteiger partial charge on any atom is 0.134 e. The highest BCUT2D eigenvalue weighted by atomic mass is 15.2. The monoisotopic (exact) mass is 277 g/mol. The second-order valence-corrected chi connectivity index (χ2v) is 5.61. The standard InChI is InChI=1S/C15H27N5/c1-4-8-20-9-6-12(7-10-20)17-15-11(3)14(16)18-13(5-2)19-15/h12H,4-10H2,1-3H3,(H3,16,17,18,19). The molecule has 5 heteroatoms. The molecule has 1 aliphatic heterocycles. The van der Waals surface area contributed by atoms with Gasteiger partial charge in [-0.2, -0.15) is 0 Å². The van der Waals surface area contributed by atoms with Crippen LogP contribution in [-0.4, -0.2) is 40.5 Å². The van der Waals surface area contributed by atoms with Gasteiger partial charge >= 0.3 is 0 Å². The second-order valence-electron chi connectivity index (χ2n) is 5.61. The second kappa shape index (κ2) is 6.88. The summed E-state index contributed by atoms with van der Waals surface area (Å²) in [4.78, 5) is 11.4. The molecule has 0 spiro atoms. The van der Waals surface area contributed by atoms with Gasteiger partial charge in [0.05, 0.1) is 0 Å². The highest BCUT2D eigenvalue weighted by molar-refractivity contribution is 5.55. The first-order valence-electron chi connectivity index (χ1n) is 7.75. The lowest BCUT2D eigenvalue weighted by atomic mass is 10.0. The molecular weight excluding hydrogens is 250 g/mol. The Balaban J connectivity index is 1.99. The molecule has 0 aliphatic carbocycles. The summed E-state index contributed by atoms with van der Waals surface area (Å²) in [5.41, 5.74) is 6.93. The molecule has 0 amide bonds. The number of likely N-dealkylation sites (tertiary alicyclic amines) is 1. The molecule has 20 heavy (non-hydrogen) atoms. The van der Waals surface area contributed by atoms with E-state index in [4.69, 9.17) is 5.73 Å². The molecule has 1 aromatic rings. The predicted octanol–water partition coefficient (Wildman–Crippen LogP) is 2.22. The highest BCUT2D eigenvalue weighted by Crippen LogP contribution is 2.21. The summed E-state index contributed by atoms with van der Waals surface area (Å²) in [6.07, 6.45) is 4.39. The number of nitrogens with two attached hydrogens (primary N) is 1. The molecule has 1 aliphatic rings. The van der Waals surface area contributed by atoms with E-state index < -0.39 is 0 Å². The average molecular weight is 277 g/mol. The SMILES string of the molecule is CCCN1CCC(Nc2nc(CC)nc(N)c2C)CC1. The number of aromatic nitrogens is 2. The molecule has 112 valence electrons. The lowest BCUT2D eigenvalue weighted by Gasteiger charge is -2.32. The van der Waals surface area contributed by atoms with Crippen LogP contribution in [-0.2, 0) is 6.42 Å². The van der Waals surface area contributed by atoms with E-state index in [1.165, 1.54) is 38.9 Å². The van der Waals surface area contributed by atoms with Gasteiger partial charge in [-0.25, -0.2) is 9.97 Å². The van der Waals surface area contributed by atoms with E-state index in [1.54, 1.807) is 0 Å². The summed E-state index contributed by atoms with van der Waals surface area (Å²) in [7, 11) is 0. The number of hydrogen-bond acceptors (Lipinski definition) is 5. The Morgan fingerprint density at radius 3 is 2.55 bits per heavy atom. The number of anilines is 2. The van der Waals surface area contributed by atoms with Crippen LogP contribution in [0.25, 0.3) is 0 Å². The van der Waals surface area contributed by atoms with E-state index in [2.05, 4.69) is 34.0 Å². The fraction of sp³-hybridized carbons (Fsp3) is 0.733. The molecule has 0 radical (unpaired) electrons. The van der Waals surface area contributed by atoms with Gasteiger partial charge in [0.2, 0.25) is 0 Å². The minimum absolute atomic E-state index is 0.501. The lowest BCUT2D eigenvalue weighted by Crippen LogP contribution is -2.39. The Kier molecular flexibility index (Phi) is 5.17. The number of rotatable bonds is 5. The van der Waals surface area contributed by atoms with Crippen molar-refractivity contribution >= 4 is 11.6 Å². The van der Waals surface area contributed by atoms with Crippen molar-refractivity contribution in [1.29, 1.82) is 0 Å². The molecule has 0 aromatic carbocycles. The average Bonchev–Trinajstić information content (AvgIpc) is 2.46. The van der Waals surface area contributed by atoms with E-state index in [1.807, 2.05) is 6.92 Å². The molecule has 0 atom stereocenters. The van der Waals surface area contributed by atoms with Gasteiger partial charge in [0.25, 0.3) is 0 Å². The molecule has 0 saturated carbocycles. The Morgan fingerprint density at radius 1 is 1.25 bits per heavy atom. The number of nitrogens with one attached hydrogen (secondary N) is 1. The van der Waals surface area contributed by atoms with Crippen molar-refractivity contribution in [3.8, 4) is 0 Å². The Bertz CT molecular complexity index is 438. The molecule has 2 rings (SSSR count). The van der Waals surface area contributed by atoms with Crippen LogP contribution in [0.1, 0.15) is 44.5 Å². The van der Waals surface area contributed by atoms with E-state index >= 15 is 0 Å². The van der Waals surface area contributed by atoms with Gasteiger partial charge in [0.15, 0.2) is 0 Å². The van der Waals surface area contributed by atoms with Gasteiger partial charge < -0.3 is 16.0 Å². The maximum absolute atomic E-state index is 5.96. The van der Waals surface area contributed by atoms with Gasteiger partial charge in [-0.15, -0.1) is 0 Å². The largest absolute Gasteiger partial charge is 0.383 e. The third-order valence-electron chi connectivity index (χ3n) is 4.01. The van der Waals surface area contributed by atoms with Crippen LogP contribution < -0.4 is 11.1 Å². The third kappa shape index (κ3) is 3.60. The zero-order chi connectivity index (χ0) is 14.5. The zero-order valence-electron chi connectivity index (χ0n) is 12.9.